The second-order valence-electron chi connectivity index (χ2n) is 4.20. The van der Waals surface area contributed by atoms with Crippen molar-refractivity contribution in [3.8, 4) is 0 Å². The standard InChI is InChI=1S/C14H18N2OS/c1-18-10-12(8-9-17)15-14-7-6-11-4-2-3-5-13(11)16-14/h2-7,12,17H,8-10H2,1H3,(H,15,16). The van der Waals surface area contributed by atoms with Gasteiger partial charge in [-0.15, -0.1) is 0 Å². The number of aromatic nitrogens is 1. The van der Waals surface area contributed by atoms with E-state index in [2.05, 4.69) is 28.7 Å². The summed E-state index contributed by atoms with van der Waals surface area (Å²) in [5.41, 5.74) is 0.995. The Labute approximate surface area is 112 Å². The van der Waals surface area contributed by atoms with Crippen molar-refractivity contribution in [3.63, 3.8) is 0 Å². The molecule has 0 saturated heterocycles. The summed E-state index contributed by atoms with van der Waals surface area (Å²) in [4.78, 5) is 4.58. The highest BCUT2D eigenvalue weighted by Gasteiger charge is 2.08. The molecule has 2 aromatic rings. The van der Waals surface area contributed by atoms with Crippen molar-refractivity contribution in [2.45, 2.75) is 12.5 Å². The molecule has 1 unspecified atom stereocenters. The van der Waals surface area contributed by atoms with Gasteiger partial charge in [0.1, 0.15) is 5.82 Å². The van der Waals surface area contributed by atoms with E-state index in [0.29, 0.717) is 0 Å². The van der Waals surface area contributed by atoms with E-state index in [0.717, 1.165) is 28.9 Å². The molecule has 0 fully saturated rings. The lowest BCUT2D eigenvalue weighted by Crippen LogP contribution is -2.24. The minimum Gasteiger partial charge on any atom is -0.396 e. The lowest BCUT2D eigenvalue weighted by molar-refractivity contribution is 0.282. The van der Waals surface area contributed by atoms with E-state index < -0.39 is 0 Å². The first-order valence-corrected chi connectivity index (χ1v) is 7.45. The maximum Gasteiger partial charge on any atom is 0.126 e. The Morgan fingerprint density at radius 2 is 2.11 bits per heavy atom. The number of para-hydroxylation sites is 1. The van der Waals surface area contributed by atoms with Crippen molar-refractivity contribution in [2.75, 3.05) is 23.9 Å². The Bertz CT molecular complexity index is 498. The molecule has 1 atom stereocenters. The first-order valence-electron chi connectivity index (χ1n) is 6.05. The number of hydrogen-bond donors (Lipinski definition) is 2. The lowest BCUT2D eigenvalue weighted by atomic mass is 10.2. The van der Waals surface area contributed by atoms with Gasteiger partial charge in [-0.1, -0.05) is 18.2 Å². The molecular weight excluding hydrogens is 244 g/mol. The summed E-state index contributed by atoms with van der Waals surface area (Å²) in [6.07, 6.45) is 2.81. The van der Waals surface area contributed by atoms with Crippen LogP contribution in [0.25, 0.3) is 10.9 Å². The molecule has 18 heavy (non-hydrogen) atoms. The number of aliphatic hydroxyl groups is 1. The zero-order valence-electron chi connectivity index (χ0n) is 10.5. The fourth-order valence-corrected chi connectivity index (χ4v) is 2.56. The van der Waals surface area contributed by atoms with Crippen LogP contribution in [0.5, 0.6) is 0 Å². The van der Waals surface area contributed by atoms with Gasteiger partial charge < -0.3 is 10.4 Å². The predicted molar refractivity (Wildman–Crippen MR) is 79.2 cm³/mol. The van der Waals surface area contributed by atoms with Crippen molar-refractivity contribution in [3.05, 3.63) is 36.4 Å². The third-order valence-corrected chi connectivity index (χ3v) is 3.53. The van der Waals surface area contributed by atoms with Crippen LogP contribution in [0.2, 0.25) is 0 Å². The molecule has 2 rings (SSSR count). The number of benzene rings is 1. The van der Waals surface area contributed by atoms with E-state index in [1.807, 2.05) is 24.3 Å². The topological polar surface area (TPSA) is 45.1 Å². The molecule has 2 N–H and O–H groups in total. The minimum absolute atomic E-state index is 0.200. The Morgan fingerprint density at radius 3 is 2.89 bits per heavy atom. The van der Waals surface area contributed by atoms with Crippen LogP contribution < -0.4 is 5.32 Å². The molecule has 0 aliphatic heterocycles. The fraction of sp³-hybridized carbons (Fsp3) is 0.357. The van der Waals surface area contributed by atoms with Crippen molar-refractivity contribution in [1.29, 1.82) is 0 Å². The molecule has 0 aliphatic rings. The van der Waals surface area contributed by atoms with Gasteiger partial charge in [0.15, 0.2) is 0 Å². The van der Waals surface area contributed by atoms with E-state index in [1.54, 1.807) is 11.8 Å². The third kappa shape index (κ3) is 3.37. The molecule has 0 saturated carbocycles. The molecule has 0 amide bonds. The molecule has 1 heterocycles. The zero-order valence-corrected chi connectivity index (χ0v) is 11.3. The summed E-state index contributed by atoms with van der Waals surface area (Å²) in [5, 5.41) is 13.6. The van der Waals surface area contributed by atoms with Crippen LogP contribution in [0, 0.1) is 0 Å². The molecule has 3 nitrogen and oxygen atoms in total. The number of nitrogens with one attached hydrogen (secondary N) is 1. The maximum atomic E-state index is 9.04. The highest BCUT2D eigenvalue weighted by Crippen LogP contribution is 2.16. The largest absolute Gasteiger partial charge is 0.396 e. The molecule has 1 aromatic heterocycles. The number of pyridine rings is 1. The number of rotatable bonds is 6. The summed E-state index contributed by atoms with van der Waals surface area (Å²) in [7, 11) is 0. The van der Waals surface area contributed by atoms with Crippen LogP contribution in [0.1, 0.15) is 6.42 Å². The van der Waals surface area contributed by atoms with Crippen LogP contribution in [-0.2, 0) is 0 Å². The maximum absolute atomic E-state index is 9.04. The van der Waals surface area contributed by atoms with Gasteiger partial charge in [-0.05, 0) is 30.9 Å². The summed E-state index contributed by atoms with van der Waals surface area (Å²) >= 11 is 1.77. The Morgan fingerprint density at radius 1 is 1.28 bits per heavy atom. The van der Waals surface area contributed by atoms with Crippen LogP contribution in [0.4, 0.5) is 5.82 Å². The highest BCUT2D eigenvalue weighted by molar-refractivity contribution is 7.98. The van der Waals surface area contributed by atoms with Gasteiger partial charge in [0.25, 0.3) is 0 Å². The number of nitrogens with zero attached hydrogens (tertiary/aromatic N) is 1. The van der Waals surface area contributed by atoms with Crippen LogP contribution >= 0.6 is 11.8 Å². The molecule has 0 radical (unpaired) electrons. The van der Waals surface area contributed by atoms with Crippen molar-refractivity contribution in [2.24, 2.45) is 0 Å². The first-order chi connectivity index (χ1) is 8.83. The second kappa shape index (κ2) is 6.61. The monoisotopic (exact) mass is 262 g/mol. The van der Waals surface area contributed by atoms with Gasteiger partial charge in [0.05, 0.1) is 5.52 Å². The van der Waals surface area contributed by atoms with Gasteiger partial charge in [-0.2, -0.15) is 11.8 Å². The van der Waals surface area contributed by atoms with Crippen molar-refractivity contribution >= 4 is 28.5 Å². The summed E-state index contributed by atoms with van der Waals surface area (Å²) in [5.74, 6) is 1.84. The Hall–Kier alpha value is -1.26. The quantitative estimate of drug-likeness (QED) is 0.840. The third-order valence-electron chi connectivity index (χ3n) is 2.80. The highest BCUT2D eigenvalue weighted by atomic mass is 32.2. The Balaban J connectivity index is 2.14. The van der Waals surface area contributed by atoms with Gasteiger partial charge in [0.2, 0.25) is 0 Å². The van der Waals surface area contributed by atoms with Crippen LogP contribution in [-0.4, -0.2) is 34.7 Å². The number of fused-ring (bicyclic) bond motifs is 1. The molecule has 96 valence electrons. The first kappa shape index (κ1) is 13.2. The predicted octanol–water partition coefficient (Wildman–Crippen LogP) is 2.76. The van der Waals surface area contributed by atoms with Crippen LogP contribution in [0.15, 0.2) is 36.4 Å². The summed E-state index contributed by atoms with van der Waals surface area (Å²) in [6, 6.07) is 12.4. The fourth-order valence-electron chi connectivity index (χ4n) is 1.91. The van der Waals surface area contributed by atoms with E-state index in [4.69, 9.17) is 5.11 Å². The van der Waals surface area contributed by atoms with E-state index in [9.17, 15) is 0 Å². The van der Waals surface area contributed by atoms with Gasteiger partial charge >= 0.3 is 0 Å². The summed E-state index contributed by atoms with van der Waals surface area (Å²) in [6.45, 7) is 0.200. The van der Waals surface area contributed by atoms with Crippen LogP contribution in [0.3, 0.4) is 0 Å². The van der Waals surface area contributed by atoms with Gasteiger partial charge in [-0.3, -0.25) is 0 Å². The lowest BCUT2D eigenvalue weighted by Gasteiger charge is -2.17. The van der Waals surface area contributed by atoms with E-state index in [-0.39, 0.29) is 12.6 Å². The normalized spacial score (nSPS) is 12.6. The summed E-state index contributed by atoms with van der Waals surface area (Å²) < 4.78 is 0. The smallest absolute Gasteiger partial charge is 0.126 e. The minimum atomic E-state index is 0.200. The zero-order chi connectivity index (χ0) is 12.8. The Kier molecular flexibility index (Phi) is 4.84. The molecule has 4 heteroatoms. The van der Waals surface area contributed by atoms with E-state index >= 15 is 0 Å². The second-order valence-corrected chi connectivity index (χ2v) is 5.11. The molecule has 0 spiro atoms. The van der Waals surface area contributed by atoms with Gasteiger partial charge in [-0.25, -0.2) is 4.98 Å². The number of thioether (sulfide) groups is 1. The number of anilines is 1. The molecule has 0 aliphatic carbocycles. The average Bonchev–Trinajstić information content (AvgIpc) is 2.39. The SMILES string of the molecule is CSCC(CCO)Nc1ccc2ccccc2n1. The molecule has 1 aromatic carbocycles. The van der Waals surface area contributed by atoms with Gasteiger partial charge in [0, 0.05) is 23.8 Å². The number of aliphatic hydroxyl groups excluding tert-OH is 1. The number of hydrogen-bond acceptors (Lipinski definition) is 4. The van der Waals surface area contributed by atoms with E-state index in [1.165, 1.54) is 0 Å². The average molecular weight is 262 g/mol. The van der Waals surface area contributed by atoms with Crippen molar-refractivity contribution < 1.29 is 5.11 Å². The molecular formula is C14H18N2OS. The molecule has 0 bridgehead atoms. The van der Waals surface area contributed by atoms with Crippen molar-refractivity contribution in [1.82, 2.24) is 4.98 Å².